The fourth-order valence-electron chi connectivity index (χ4n) is 3.40. The van der Waals surface area contributed by atoms with Crippen molar-refractivity contribution in [3.05, 3.63) is 41.0 Å². The number of hydrogen-bond donors (Lipinski definition) is 4. The Balaban J connectivity index is 1.88. The fraction of sp³-hybridized carbons (Fsp3) is 0.429. The van der Waals surface area contributed by atoms with Gasteiger partial charge in [0, 0.05) is 5.56 Å². The average Bonchev–Trinajstić information content (AvgIpc) is 3.14. The Labute approximate surface area is 137 Å². The Kier molecular flexibility index (Phi) is 3.22. The number of furan rings is 1. The second-order valence-electron chi connectivity index (χ2n) is 6.10. The SMILES string of the molecule is N=c1nc2c(c3n1NC(CS(=O)(=O)O)(c1ccco1)N3)CCCC2. The number of nitrogens with zero attached hydrogens (tertiary/aromatic N) is 2. The molecular weight excluding hydrogens is 334 g/mol. The van der Waals surface area contributed by atoms with Gasteiger partial charge in [0.2, 0.25) is 5.62 Å². The first-order valence-electron chi connectivity index (χ1n) is 7.63. The van der Waals surface area contributed by atoms with Gasteiger partial charge in [-0.25, -0.2) is 9.66 Å². The maximum absolute atomic E-state index is 11.6. The number of fused-ring (bicyclic) bond motifs is 3. The largest absolute Gasteiger partial charge is 0.465 e. The molecule has 128 valence electrons. The summed E-state index contributed by atoms with van der Waals surface area (Å²) in [7, 11) is -4.32. The smallest absolute Gasteiger partial charge is 0.269 e. The minimum atomic E-state index is -4.32. The lowest BCUT2D eigenvalue weighted by Gasteiger charge is -2.26. The van der Waals surface area contributed by atoms with Crippen LogP contribution in [0, 0.1) is 5.41 Å². The first-order chi connectivity index (χ1) is 11.4. The molecule has 0 amide bonds. The van der Waals surface area contributed by atoms with E-state index < -0.39 is 21.5 Å². The van der Waals surface area contributed by atoms with Crippen LogP contribution in [0.25, 0.3) is 0 Å². The van der Waals surface area contributed by atoms with E-state index in [9.17, 15) is 13.0 Å². The Hall–Kier alpha value is -2.33. The first kappa shape index (κ1) is 15.2. The summed E-state index contributed by atoms with van der Waals surface area (Å²) in [6, 6.07) is 3.24. The summed E-state index contributed by atoms with van der Waals surface area (Å²) < 4.78 is 39.4. The fourth-order valence-corrected chi connectivity index (χ4v) is 4.23. The van der Waals surface area contributed by atoms with Gasteiger partial charge in [-0.2, -0.15) is 8.42 Å². The van der Waals surface area contributed by atoms with Crippen molar-refractivity contribution in [2.24, 2.45) is 0 Å². The van der Waals surface area contributed by atoms with Crippen LogP contribution in [0.1, 0.15) is 29.9 Å². The molecule has 9 nitrogen and oxygen atoms in total. The molecule has 0 aromatic carbocycles. The van der Waals surface area contributed by atoms with Crippen LogP contribution in [0.3, 0.4) is 0 Å². The third kappa shape index (κ3) is 2.38. The van der Waals surface area contributed by atoms with Crippen molar-refractivity contribution in [2.75, 3.05) is 16.5 Å². The zero-order chi connectivity index (χ0) is 16.9. The summed E-state index contributed by atoms with van der Waals surface area (Å²) in [4.78, 5) is 4.31. The van der Waals surface area contributed by atoms with Crippen molar-refractivity contribution in [2.45, 2.75) is 31.3 Å². The normalized spacial score (nSPS) is 22.4. The number of aromatic nitrogens is 2. The van der Waals surface area contributed by atoms with E-state index in [2.05, 4.69) is 15.7 Å². The highest BCUT2D eigenvalue weighted by Crippen LogP contribution is 2.35. The van der Waals surface area contributed by atoms with E-state index in [1.165, 1.54) is 10.9 Å². The number of hydrogen-bond acceptors (Lipinski definition) is 7. The third-order valence-corrected chi connectivity index (χ3v) is 5.17. The summed E-state index contributed by atoms with van der Waals surface area (Å²) in [5, 5.41) is 11.3. The summed E-state index contributed by atoms with van der Waals surface area (Å²) in [5.41, 5.74) is 3.35. The Morgan fingerprint density at radius 2 is 2.21 bits per heavy atom. The van der Waals surface area contributed by atoms with E-state index in [4.69, 9.17) is 9.83 Å². The predicted molar refractivity (Wildman–Crippen MR) is 84.5 cm³/mol. The van der Waals surface area contributed by atoms with Crippen molar-refractivity contribution < 1.29 is 17.4 Å². The lowest BCUT2D eigenvalue weighted by molar-refractivity contribution is 0.403. The summed E-state index contributed by atoms with van der Waals surface area (Å²) in [5.74, 6) is 0.251. The Morgan fingerprint density at radius 1 is 1.42 bits per heavy atom. The van der Waals surface area contributed by atoms with Crippen LogP contribution in [-0.4, -0.2) is 28.4 Å². The number of aryl methyl sites for hydroxylation is 1. The van der Waals surface area contributed by atoms with Gasteiger partial charge in [0.15, 0.2) is 11.4 Å². The van der Waals surface area contributed by atoms with E-state index in [0.29, 0.717) is 11.6 Å². The molecule has 0 saturated heterocycles. The predicted octanol–water partition coefficient (Wildman–Crippen LogP) is 0.544. The van der Waals surface area contributed by atoms with E-state index in [1.54, 1.807) is 12.1 Å². The molecular formula is C14H17N5O4S. The minimum Gasteiger partial charge on any atom is -0.465 e. The van der Waals surface area contributed by atoms with Gasteiger partial charge in [0.25, 0.3) is 10.1 Å². The van der Waals surface area contributed by atoms with Gasteiger partial charge in [-0.05, 0) is 37.8 Å². The molecule has 24 heavy (non-hydrogen) atoms. The molecule has 0 radical (unpaired) electrons. The molecule has 1 aliphatic carbocycles. The van der Waals surface area contributed by atoms with E-state index in [-0.39, 0.29) is 5.62 Å². The Bertz CT molecular complexity index is 950. The summed E-state index contributed by atoms with van der Waals surface area (Å²) in [6.07, 6.45) is 5.04. The number of nitrogens with one attached hydrogen (secondary N) is 3. The maximum Gasteiger partial charge on any atom is 0.269 e. The minimum absolute atomic E-state index is 0.0260. The monoisotopic (exact) mass is 351 g/mol. The molecule has 2 aromatic rings. The van der Waals surface area contributed by atoms with Crippen LogP contribution in [0.2, 0.25) is 0 Å². The van der Waals surface area contributed by atoms with Crippen LogP contribution in [0.5, 0.6) is 0 Å². The second-order valence-corrected chi connectivity index (χ2v) is 7.55. The second kappa shape index (κ2) is 5.08. The molecule has 0 bridgehead atoms. The molecule has 2 aliphatic rings. The molecule has 4 rings (SSSR count). The van der Waals surface area contributed by atoms with Gasteiger partial charge in [-0.1, -0.05) is 0 Å². The van der Waals surface area contributed by atoms with Crippen LogP contribution < -0.4 is 16.4 Å². The number of rotatable bonds is 3. The van der Waals surface area contributed by atoms with Crippen LogP contribution in [-0.2, 0) is 28.6 Å². The van der Waals surface area contributed by atoms with Crippen molar-refractivity contribution >= 4 is 15.9 Å². The third-order valence-electron chi connectivity index (χ3n) is 4.38. The summed E-state index contributed by atoms with van der Waals surface area (Å²) in [6.45, 7) is 0. The molecule has 0 saturated carbocycles. The standard InChI is InChI=1S/C14H17N5O4S/c15-13-16-10-5-2-1-4-9(10)12-17-14(18-19(12)13,8-24(20,21)22)11-6-3-7-23-11/h3,6-7,15,17-18H,1-2,4-5,8H2,(H,20,21,22). The van der Waals surface area contributed by atoms with Gasteiger partial charge in [0.05, 0.1) is 12.0 Å². The van der Waals surface area contributed by atoms with Crippen molar-refractivity contribution in [3.63, 3.8) is 0 Å². The average molecular weight is 351 g/mol. The van der Waals surface area contributed by atoms with Gasteiger partial charge in [-0.15, -0.1) is 0 Å². The summed E-state index contributed by atoms with van der Waals surface area (Å²) >= 11 is 0. The topological polar surface area (TPSA) is 133 Å². The highest BCUT2D eigenvalue weighted by Gasteiger charge is 2.46. The van der Waals surface area contributed by atoms with Crippen molar-refractivity contribution in [1.29, 1.82) is 5.41 Å². The van der Waals surface area contributed by atoms with Crippen LogP contribution in [0.15, 0.2) is 22.8 Å². The van der Waals surface area contributed by atoms with Crippen molar-refractivity contribution in [3.8, 4) is 0 Å². The molecule has 1 unspecified atom stereocenters. The lowest BCUT2D eigenvalue weighted by Crippen LogP contribution is -2.47. The molecule has 1 aliphatic heterocycles. The zero-order valence-electron chi connectivity index (χ0n) is 12.7. The van der Waals surface area contributed by atoms with Gasteiger partial charge < -0.3 is 9.73 Å². The molecule has 1 atom stereocenters. The highest BCUT2D eigenvalue weighted by atomic mass is 32.2. The quantitative estimate of drug-likeness (QED) is 0.593. The van der Waals surface area contributed by atoms with E-state index in [1.807, 2.05) is 0 Å². The Morgan fingerprint density at radius 3 is 2.92 bits per heavy atom. The van der Waals surface area contributed by atoms with Gasteiger partial charge >= 0.3 is 0 Å². The van der Waals surface area contributed by atoms with Crippen LogP contribution in [0.4, 0.5) is 5.82 Å². The number of anilines is 1. The lowest BCUT2D eigenvalue weighted by atomic mass is 9.96. The molecule has 10 heteroatoms. The molecule has 0 spiro atoms. The molecule has 0 fully saturated rings. The molecule has 2 aromatic heterocycles. The van der Waals surface area contributed by atoms with E-state index in [0.717, 1.165) is 36.9 Å². The maximum atomic E-state index is 11.6. The molecule has 4 N–H and O–H groups in total. The first-order valence-corrected chi connectivity index (χ1v) is 9.24. The van der Waals surface area contributed by atoms with Crippen molar-refractivity contribution in [1.82, 2.24) is 9.66 Å². The van der Waals surface area contributed by atoms with E-state index >= 15 is 0 Å². The van der Waals surface area contributed by atoms with Gasteiger partial charge in [0.1, 0.15) is 11.6 Å². The highest BCUT2D eigenvalue weighted by molar-refractivity contribution is 7.85. The van der Waals surface area contributed by atoms with Gasteiger partial charge in [-0.3, -0.25) is 15.4 Å². The molecule has 3 heterocycles. The van der Waals surface area contributed by atoms with Crippen LogP contribution >= 0.6 is 0 Å². The zero-order valence-corrected chi connectivity index (χ0v) is 13.6.